The van der Waals surface area contributed by atoms with Crippen LogP contribution in [-0.4, -0.2) is 67.7 Å². The summed E-state index contributed by atoms with van der Waals surface area (Å²) in [5.74, 6) is -0.163. The third kappa shape index (κ3) is 6.48. The minimum atomic E-state index is -0.163. The Morgan fingerprint density at radius 3 is 2.77 bits per heavy atom. The highest BCUT2D eigenvalue weighted by atomic mass is 32.2. The Hall–Kier alpha value is -3.20. The molecule has 0 atom stereocenters. The first-order chi connectivity index (χ1) is 16.9. The molecule has 4 rings (SSSR count). The Morgan fingerprint density at radius 2 is 2.00 bits per heavy atom. The fourth-order valence-corrected chi connectivity index (χ4v) is 4.79. The Balaban J connectivity index is 1.46. The summed E-state index contributed by atoms with van der Waals surface area (Å²) in [5.41, 5.74) is 4.97. The second-order valence-corrected chi connectivity index (χ2v) is 9.82. The number of para-hydroxylation sites is 1. The molecule has 0 spiro atoms. The lowest BCUT2D eigenvalue weighted by molar-refractivity contribution is 0.102. The van der Waals surface area contributed by atoms with E-state index in [1.165, 1.54) is 17.3 Å². The van der Waals surface area contributed by atoms with Crippen LogP contribution in [0, 0.1) is 0 Å². The molecule has 0 radical (unpaired) electrons. The normalized spacial score (nSPS) is 18.0. The summed E-state index contributed by atoms with van der Waals surface area (Å²) in [7, 11) is 3.91. The van der Waals surface area contributed by atoms with Crippen LogP contribution in [0.1, 0.15) is 22.8 Å². The number of carbonyl (C=O) groups is 1. The van der Waals surface area contributed by atoms with Gasteiger partial charge in [0.25, 0.3) is 5.91 Å². The second-order valence-electron chi connectivity index (χ2n) is 8.85. The first-order valence-electron chi connectivity index (χ1n) is 11.7. The Bertz CT molecular complexity index is 1190. The van der Waals surface area contributed by atoms with Gasteiger partial charge in [-0.05, 0) is 48.5 Å². The molecule has 1 fully saturated rings. The van der Waals surface area contributed by atoms with E-state index in [9.17, 15) is 4.79 Å². The summed E-state index contributed by atoms with van der Waals surface area (Å²) >= 11 is 1.48. The molecular formula is C27H32N6OS. The number of anilines is 2. The molecule has 0 aliphatic carbocycles. The van der Waals surface area contributed by atoms with Gasteiger partial charge in [-0.3, -0.25) is 9.69 Å². The number of hydrogen-bond donors (Lipinski definition) is 2. The average Bonchev–Trinajstić information content (AvgIpc) is 3.24. The smallest absolute Gasteiger partial charge is 0.255 e. The molecule has 0 unspecified atom stereocenters. The standard InChI is InChI=1S/C27H32N6OS/c1-19(18-33-14-12-28-13-15-33)17-29-26-20(2)30-27(35-26)23-10-5-6-11-24(23)31-25(34)21-8-7-9-22(16-21)32(3)4/h5-11,16-17,28H,2,12-15,18H2,1,3-4H3,(H,31,34)/b19-17+,29-26?. The second kappa shape index (κ2) is 11.5. The number of rotatable bonds is 7. The van der Waals surface area contributed by atoms with Crippen LogP contribution in [0.15, 0.2) is 82.6 Å². The number of nitrogens with one attached hydrogen (secondary N) is 2. The zero-order valence-corrected chi connectivity index (χ0v) is 21.4. The molecular weight excluding hydrogens is 456 g/mol. The molecule has 8 heteroatoms. The van der Waals surface area contributed by atoms with Crippen LogP contribution in [0.2, 0.25) is 0 Å². The quantitative estimate of drug-likeness (QED) is 0.611. The van der Waals surface area contributed by atoms with Crippen LogP contribution in [0.3, 0.4) is 0 Å². The highest BCUT2D eigenvalue weighted by molar-refractivity contribution is 8.28. The highest BCUT2D eigenvalue weighted by Crippen LogP contribution is 2.31. The maximum atomic E-state index is 13.0. The number of hydrogen-bond acceptors (Lipinski definition) is 7. The summed E-state index contributed by atoms with van der Waals surface area (Å²) in [6.07, 6.45) is 1.92. The minimum Gasteiger partial charge on any atom is -0.378 e. The van der Waals surface area contributed by atoms with E-state index >= 15 is 0 Å². The lowest BCUT2D eigenvalue weighted by atomic mass is 10.1. The SMILES string of the molecule is C=C1N=C(c2ccccc2NC(=O)c2cccc(N(C)C)c2)SC1=N/C=C(\C)CN1CCNCC1. The van der Waals surface area contributed by atoms with Crippen LogP contribution in [0.25, 0.3) is 0 Å². The van der Waals surface area contributed by atoms with Crippen LogP contribution in [0.4, 0.5) is 11.4 Å². The van der Waals surface area contributed by atoms with Gasteiger partial charge in [-0.15, -0.1) is 0 Å². The van der Waals surface area contributed by atoms with Gasteiger partial charge in [-0.25, -0.2) is 9.98 Å². The topological polar surface area (TPSA) is 72.3 Å². The lowest BCUT2D eigenvalue weighted by Gasteiger charge is -2.27. The van der Waals surface area contributed by atoms with Gasteiger partial charge in [-0.1, -0.05) is 30.8 Å². The van der Waals surface area contributed by atoms with Crippen molar-refractivity contribution in [1.29, 1.82) is 0 Å². The predicted molar refractivity (Wildman–Crippen MR) is 149 cm³/mol. The van der Waals surface area contributed by atoms with Crippen molar-refractivity contribution in [2.45, 2.75) is 6.92 Å². The van der Waals surface area contributed by atoms with E-state index in [0.29, 0.717) is 16.9 Å². The summed E-state index contributed by atoms with van der Waals surface area (Å²) in [4.78, 5) is 26.7. The molecule has 0 saturated carbocycles. The van der Waals surface area contributed by atoms with Crippen molar-refractivity contribution in [3.8, 4) is 0 Å². The molecule has 182 valence electrons. The van der Waals surface area contributed by atoms with Crippen molar-refractivity contribution < 1.29 is 4.79 Å². The minimum absolute atomic E-state index is 0.163. The number of piperazine rings is 1. The highest BCUT2D eigenvalue weighted by Gasteiger charge is 2.22. The fourth-order valence-electron chi connectivity index (χ4n) is 3.89. The number of nitrogens with zero attached hydrogens (tertiary/aromatic N) is 4. The molecule has 2 aliphatic heterocycles. The number of amides is 1. The first-order valence-corrected chi connectivity index (χ1v) is 12.5. The number of carbonyl (C=O) groups excluding carboxylic acids is 1. The van der Waals surface area contributed by atoms with Crippen molar-refractivity contribution in [3.63, 3.8) is 0 Å². The van der Waals surface area contributed by atoms with Crippen molar-refractivity contribution in [2.75, 3.05) is 57.0 Å². The molecule has 2 heterocycles. The monoisotopic (exact) mass is 488 g/mol. The molecule has 2 N–H and O–H groups in total. The van der Waals surface area contributed by atoms with Crippen molar-refractivity contribution >= 4 is 39.1 Å². The Morgan fingerprint density at radius 1 is 1.23 bits per heavy atom. The zero-order chi connectivity index (χ0) is 24.8. The van der Waals surface area contributed by atoms with Gasteiger partial charge in [0.1, 0.15) is 10.1 Å². The maximum absolute atomic E-state index is 13.0. The molecule has 1 saturated heterocycles. The van der Waals surface area contributed by atoms with Gasteiger partial charge in [0.05, 0.1) is 11.4 Å². The zero-order valence-electron chi connectivity index (χ0n) is 20.5. The van der Waals surface area contributed by atoms with Gasteiger partial charge >= 0.3 is 0 Å². The Labute approximate surface area is 211 Å². The molecule has 35 heavy (non-hydrogen) atoms. The van der Waals surface area contributed by atoms with Crippen LogP contribution in [0.5, 0.6) is 0 Å². The molecule has 2 aromatic rings. The van der Waals surface area contributed by atoms with E-state index in [1.54, 1.807) is 0 Å². The molecule has 2 aromatic carbocycles. The van der Waals surface area contributed by atoms with Crippen LogP contribution < -0.4 is 15.5 Å². The van der Waals surface area contributed by atoms with E-state index in [2.05, 4.69) is 39.0 Å². The van der Waals surface area contributed by atoms with E-state index in [4.69, 9.17) is 0 Å². The van der Waals surface area contributed by atoms with Crippen molar-refractivity contribution in [2.24, 2.45) is 9.98 Å². The molecule has 0 aromatic heterocycles. The summed E-state index contributed by atoms with van der Waals surface area (Å²) in [6.45, 7) is 11.3. The van der Waals surface area contributed by atoms with E-state index in [1.807, 2.05) is 73.7 Å². The molecule has 0 bridgehead atoms. The third-order valence-corrected chi connectivity index (χ3v) is 6.83. The van der Waals surface area contributed by atoms with E-state index in [-0.39, 0.29) is 5.91 Å². The number of benzene rings is 2. The van der Waals surface area contributed by atoms with Crippen molar-refractivity contribution in [1.82, 2.24) is 10.2 Å². The molecule has 7 nitrogen and oxygen atoms in total. The Kier molecular flexibility index (Phi) is 8.17. The average molecular weight is 489 g/mol. The molecule has 1 amide bonds. The summed E-state index contributed by atoms with van der Waals surface area (Å²) in [6, 6.07) is 15.2. The van der Waals surface area contributed by atoms with E-state index in [0.717, 1.165) is 54.1 Å². The number of thioether (sulfide) groups is 1. The summed E-state index contributed by atoms with van der Waals surface area (Å²) in [5, 5.41) is 7.98. The van der Waals surface area contributed by atoms with Gasteiger partial charge in [0.2, 0.25) is 0 Å². The third-order valence-electron chi connectivity index (χ3n) is 5.79. The van der Waals surface area contributed by atoms with E-state index < -0.39 is 0 Å². The predicted octanol–water partition coefficient (Wildman–Crippen LogP) is 4.22. The van der Waals surface area contributed by atoms with Gasteiger partial charge in [0, 0.05) is 69.8 Å². The summed E-state index contributed by atoms with van der Waals surface area (Å²) < 4.78 is 0. The van der Waals surface area contributed by atoms with Crippen LogP contribution in [-0.2, 0) is 0 Å². The first kappa shape index (κ1) is 24.9. The lowest BCUT2D eigenvalue weighted by Crippen LogP contribution is -2.43. The fraction of sp³-hybridized carbons (Fsp3) is 0.296. The maximum Gasteiger partial charge on any atom is 0.255 e. The van der Waals surface area contributed by atoms with Gasteiger partial charge in [0.15, 0.2) is 0 Å². The van der Waals surface area contributed by atoms with Gasteiger partial charge < -0.3 is 15.5 Å². The molecule has 2 aliphatic rings. The number of aliphatic imine (C=N–C) groups is 2. The van der Waals surface area contributed by atoms with Crippen LogP contribution >= 0.6 is 11.8 Å². The van der Waals surface area contributed by atoms with Crippen molar-refractivity contribution in [3.05, 3.63) is 83.7 Å². The largest absolute Gasteiger partial charge is 0.378 e. The van der Waals surface area contributed by atoms with Gasteiger partial charge in [-0.2, -0.15) is 0 Å².